The Bertz CT molecular complexity index is 604. The Balaban J connectivity index is 0.00000288. The fourth-order valence-corrected chi connectivity index (χ4v) is 3.85. The molecule has 1 saturated heterocycles. The number of sulfonamides is 1. The van der Waals surface area contributed by atoms with Gasteiger partial charge in [0.15, 0.2) is 0 Å². The number of carbonyl (C=O) groups excluding carboxylic acids is 1. The summed E-state index contributed by atoms with van der Waals surface area (Å²) < 4.78 is 25.7. The monoisotopic (exact) mass is 375 g/mol. The molecule has 1 unspecified atom stereocenters. The van der Waals surface area contributed by atoms with E-state index < -0.39 is 10.0 Å². The van der Waals surface area contributed by atoms with Gasteiger partial charge in [-0.1, -0.05) is 18.2 Å². The Hall–Kier alpha value is -1.15. The molecule has 0 radical (unpaired) electrons. The van der Waals surface area contributed by atoms with E-state index in [1.54, 1.807) is 18.2 Å². The molecule has 0 spiro atoms. The first-order chi connectivity index (χ1) is 11.0. The Morgan fingerprint density at radius 2 is 2.04 bits per heavy atom. The number of carbonyl (C=O) groups is 1. The number of amides is 1. The minimum absolute atomic E-state index is 0. The highest BCUT2D eigenvalue weighted by Crippen LogP contribution is 2.14. The molecule has 0 saturated carbocycles. The van der Waals surface area contributed by atoms with Gasteiger partial charge in [-0.05, 0) is 50.4 Å². The van der Waals surface area contributed by atoms with E-state index in [9.17, 15) is 13.2 Å². The van der Waals surface area contributed by atoms with Crippen molar-refractivity contribution < 1.29 is 13.2 Å². The summed E-state index contributed by atoms with van der Waals surface area (Å²) in [5.74, 6) is 0.325. The summed E-state index contributed by atoms with van der Waals surface area (Å²) in [7, 11) is -2.19. The molecule has 24 heavy (non-hydrogen) atoms. The van der Waals surface area contributed by atoms with Gasteiger partial charge in [0.1, 0.15) is 0 Å². The Morgan fingerprint density at radius 3 is 2.67 bits per heavy atom. The van der Waals surface area contributed by atoms with Crippen LogP contribution in [-0.4, -0.2) is 51.9 Å². The zero-order valence-electron chi connectivity index (χ0n) is 13.9. The minimum atomic E-state index is -3.62. The van der Waals surface area contributed by atoms with Crippen LogP contribution in [0.5, 0.6) is 0 Å². The maximum absolute atomic E-state index is 12.3. The van der Waals surface area contributed by atoms with Crippen molar-refractivity contribution in [3.05, 3.63) is 30.3 Å². The molecule has 2 rings (SSSR count). The lowest BCUT2D eigenvalue weighted by molar-refractivity contribution is -0.121. The van der Waals surface area contributed by atoms with Gasteiger partial charge < -0.3 is 10.6 Å². The highest BCUT2D eigenvalue weighted by Gasteiger charge is 2.22. The molecule has 1 aromatic carbocycles. The molecular weight excluding hydrogens is 350 g/mol. The van der Waals surface area contributed by atoms with Gasteiger partial charge >= 0.3 is 0 Å². The zero-order valence-corrected chi connectivity index (χ0v) is 15.5. The molecule has 1 fully saturated rings. The van der Waals surface area contributed by atoms with E-state index >= 15 is 0 Å². The van der Waals surface area contributed by atoms with Crippen molar-refractivity contribution >= 4 is 28.3 Å². The third kappa shape index (κ3) is 6.05. The van der Waals surface area contributed by atoms with Crippen LogP contribution in [0.3, 0.4) is 0 Å². The topological polar surface area (TPSA) is 78.5 Å². The highest BCUT2D eigenvalue weighted by atomic mass is 35.5. The van der Waals surface area contributed by atoms with Gasteiger partial charge in [0.2, 0.25) is 15.9 Å². The Labute approximate surface area is 150 Å². The number of benzene rings is 1. The van der Waals surface area contributed by atoms with Crippen molar-refractivity contribution in [2.75, 3.05) is 33.2 Å². The molecule has 2 N–H and O–H groups in total. The number of hydrogen-bond acceptors (Lipinski definition) is 4. The van der Waals surface area contributed by atoms with Crippen molar-refractivity contribution in [1.82, 2.24) is 14.9 Å². The summed E-state index contributed by atoms with van der Waals surface area (Å²) >= 11 is 0. The first-order valence-electron chi connectivity index (χ1n) is 7.99. The van der Waals surface area contributed by atoms with E-state index in [-0.39, 0.29) is 29.8 Å². The van der Waals surface area contributed by atoms with Crippen LogP contribution in [0.2, 0.25) is 0 Å². The van der Waals surface area contributed by atoms with Crippen molar-refractivity contribution in [2.24, 2.45) is 5.92 Å². The van der Waals surface area contributed by atoms with Crippen LogP contribution in [0, 0.1) is 5.92 Å². The van der Waals surface area contributed by atoms with E-state index in [4.69, 9.17) is 0 Å². The molecule has 1 aliphatic heterocycles. The molecular formula is C16H26ClN3O3S. The number of piperidine rings is 1. The summed E-state index contributed by atoms with van der Waals surface area (Å²) in [6, 6.07) is 8.14. The molecule has 8 heteroatoms. The summed E-state index contributed by atoms with van der Waals surface area (Å²) in [4.78, 5) is 12.1. The van der Waals surface area contributed by atoms with E-state index in [0.717, 1.165) is 23.8 Å². The van der Waals surface area contributed by atoms with Crippen LogP contribution in [0.15, 0.2) is 35.2 Å². The van der Waals surface area contributed by atoms with Gasteiger partial charge in [-0.2, -0.15) is 4.31 Å². The molecule has 6 nitrogen and oxygen atoms in total. The summed E-state index contributed by atoms with van der Waals surface area (Å²) in [6.45, 7) is 2.49. The highest BCUT2D eigenvalue weighted by molar-refractivity contribution is 7.89. The standard InChI is InChI=1S/C16H25N3O3S.ClH/c1-19(23(21,22)15-7-3-2-4-8-15)13-16(20)18-11-9-14-6-5-10-17-12-14;/h2-4,7-8,14,17H,5-6,9-13H2,1H3,(H,18,20);1H. The van der Waals surface area contributed by atoms with Crippen molar-refractivity contribution in [2.45, 2.75) is 24.2 Å². The molecule has 1 amide bonds. The summed E-state index contributed by atoms with van der Waals surface area (Å²) in [5.41, 5.74) is 0. The number of nitrogens with one attached hydrogen (secondary N) is 2. The van der Waals surface area contributed by atoms with Crippen LogP contribution in [-0.2, 0) is 14.8 Å². The molecule has 0 aromatic heterocycles. The summed E-state index contributed by atoms with van der Waals surface area (Å²) in [5, 5.41) is 6.15. The largest absolute Gasteiger partial charge is 0.355 e. The second-order valence-corrected chi connectivity index (χ2v) is 7.97. The molecule has 1 aliphatic rings. The Morgan fingerprint density at radius 1 is 1.33 bits per heavy atom. The molecule has 1 aromatic rings. The van der Waals surface area contributed by atoms with Crippen LogP contribution in [0.4, 0.5) is 0 Å². The molecule has 1 atom stereocenters. The fraction of sp³-hybridized carbons (Fsp3) is 0.562. The predicted molar refractivity (Wildman–Crippen MR) is 96.7 cm³/mol. The molecule has 136 valence electrons. The average molecular weight is 376 g/mol. The molecule has 0 bridgehead atoms. The summed E-state index contributed by atoms with van der Waals surface area (Å²) in [6.07, 6.45) is 3.29. The number of hydrogen-bond donors (Lipinski definition) is 2. The van der Waals surface area contributed by atoms with E-state index in [0.29, 0.717) is 12.5 Å². The average Bonchev–Trinajstić information content (AvgIpc) is 2.56. The van der Waals surface area contributed by atoms with Gasteiger partial charge in [0.25, 0.3) is 0 Å². The smallest absolute Gasteiger partial charge is 0.243 e. The van der Waals surface area contributed by atoms with Crippen LogP contribution in [0.25, 0.3) is 0 Å². The number of halogens is 1. The van der Waals surface area contributed by atoms with Gasteiger partial charge in [0.05, 0.1) is 11.4 Å². The third-order valence-corrected chi connectivity index (χ3v) is 5.91. The van der Waals surface area contributed by atoms with E-state index in [2.05, 4.69) is 10.6 Å². The lowest BCUT2D eigenvalue weighted by atomic mass is 9.96. The molecule has 1 heterocycles. The van der Waals surface area contributed by atoms with Crippen LogP contribution in [0.1, 0.15) is 19.3 Å². The van der Waals surface area contributed by atoms with Gasteiger partial charge in [-0.25, -0.2) is 8.42 Å². The first-order valence-corrected chi connectivity index (χ1v) is 9.43. The van der Waals surface area contributed by atoms with E-state index in [1.165, 1.54) is 32.0 Å². The van der Waals surface area contributed by atoms with Crippen molar-refractivity contribution in [3.63, 3.8) is 0 Å². The third-order valence-electron chi connectivity index (χ3n) is 4.09. The molecule has 0 aliphatic carbocycles. The van der Waals surface area contributed by atoms with E-state index in [1.807, 2.05) is 0 Å². The minimum Gasteiger partial charge on any atom is -0.355 e. The Kier molecular flexibility index (Phi) is 8.69. The SMILES string of the molecule is CN(CC(=O)NCCC1CCCNC1)S(=O)(=O)c1ccccc1.Cl. The normalized spacial score (nSPS) is 18.0. The number of rotatable bonds is 7. The van der Waals surface area contributed by atoms with Crippen molar-refractivity contribution in [1.29, 1.82) is 0 Å². The van der Waals surface area contributed by atoms with Gasteiger partial charge in [-0.3, -0.25) is 4.79 Å². The lowest BCUT2D eigenvalue weighted by Crippen LogP contribution is -2.39. The fourth-order valence-electron chi connectivity index (χ4n) is 2.70. The maximum Gasteiger partial charge on any atom is 0.243 e. The second-order valence-electron chi connectivity index (χ2n) is 5.93. The lowest BCUT2D eigenvalue weighted by Gasteiger charge is -2.23. The predicted octanol–water partition coefficient (Wildman–Crippen LogP) is 1.23. The first kappa shape index (κ1) is 20.9. The maximum atomic E-state index is 12.3. The van der Waals surface area contributed by atoms with Crippen molar-refractivity contribution in [3.8, 4) is 0 Å². The number of nitrogens with zero attached hydrogens (tertiary/aromatic N) is 1. The van der Waals surface area contributed by atoms with Gasteiger partial charge in [0, 0.05) is 13.6 Å². The quantitative estimate of drug-likeness (QED) is 0.751. The number of likely N-dealkylation sites (N-methyl/N-ethyl adjacent to an activating group) is 1. The van der Waals surface area contributed by atoms with Gasteiger partial charge in [-0.15, -0.1) is 12.4 Å². The second kappa shape index (κ2) is 9.98. The zero-order chi connectivity index (χ0) is 16.7. The van der Waals surface area contributed by atoms with Crippen LogP contribution >= 0.6 is 12.4 Å². The van der Waals surface area contributed by atoms with Crippen LogP contribution < -0.4 is 10.6 Å².